The highest BCUT2D eigenvalue weighted by Crippen LogP contribution is 2.49. The molecule has 262 valence electrons. The van der Waals surface area contributed by atoms with Crippen molar-refractivity contribution in [2.75, 3.05) is 0 Å². The van der Waals surface area contributed by atoms with Crippen molar-refractivity contribution in [2.24, 2.45) is 21.6 Å². The van der Waals surface area contributed by atoms with Gasteiger partial charge >= 0.3 is 0 Å². The van der Waals surface area contributed by atoms with Crippen molar-refractivity contribution in [3.8, 4) is 16.9 Å². The Morgan fingerprint density at radius 3 is 2.46 bits per heavy atom. The van der Waals surface area contributed by atoms with Crippen LogP contribution in [0.2, 0.25) is 5.02 Å². The van der Waals surface area contributed by atoms with Crippen molar-refractivity contribution in [3.63, 3.8) is 0 Å². The van der Waals surface area contributed by atoms with Gasteiger partial charge < -0.3 is 5.73 Å². The Morgan fingerprint density at radius 1 is 1.10 bits per heavy atom. The number of hydrogen-bond acceptors (Lipinski definition) is 8. The van der Waals surface area contributed by atoms with Gasteiger partial charge in [-0.15, -0.1) is 0 Å². The molecule has 2 fully saturated rings. The molecule has 3 aliphatic rings. The molecule has 2 N–H and O–H groups in total. The van der Waals surface area contributed by atoms with E-state index in [9.17, 15) is 13.6 Å². The average molecular weight is 704 g/mol. The molecule has 2 aromatic heterocycles. The van der Waals surface area contributed by atoms with Crippen LogP contribution in [0, 0.1) is 10.8 Å². The van der Waals surface area contributed by atoms with Gasteiger partial charge in [0.25, 0.3) is 12.3 Å². The topological polar surface area (TPSA) is 137 Å². The molecule has 0 spiro atoms. The molecule has 2 atom stereocenters. The third-order valence-corrected chi connectivity index (χ3v) is 10.3. The number of Topliss-reactive ketones (excluding diaryl/α,β-unsaturated/α-hetero) is 1. The fourth-order valence-electron chi connectivity index (χ4n) is 6.85. The molecule has 2 saturated carbocycles. The molecule has 4 aromatic rings. The molecule has 0 bridgehead atoms. The van der Waals surface area contributed by atoms with E-state index in [0.29, 0.717) is 23.6 Å². The van der Waals surface area contributed by atoms with Crippen LogP contribution < -0.4 is 5.73 Å². The van der Waals surface area contributed by atoms with Crippen molar-refractivity contribution in [1.82, 2.24) is 34.7 Å². The van der Waals surface area contributed by atoms with E-state index in [2.05, 4.69) is 20.3 Å². The van der Waals surface area contributed by atoms with Crippen LogP contribution in [0.3, 0.4) is 0 Å². The van der Waals surface area contributed by atoms with Gasteiger partial charge in [0, 0.05) is 17.4 Å². The third-order valence-electron chi connectivity index (χ3n) is 9.93. The minimum atomic E-state index is -2.90. The molecule has 2 aliphatic carbocycles. The molecular formula is C36H40ClF2N9O2. The summed E-state index contributed by atoms with van der Waals surface area (Å²) in [7, 11) is 0. The second kappa shape index (κ2) is 12.4. The monoisotopic (exact) mass is 703 g/mol. The van der Waals surface area contributed by atoms with E-state index in [1.165, 1.54) is 4.90 Å². The molecule has 1 aliphatic heterocycles. The van der Waals surface area contributed by atoms with Crippen LogP contribution in [0.15, 0.2) is 60.0 Å². The third kappa shape index (κ3) is 6.31. The zero-order chi connectivity index (χ0) is 35.6. The number of nitrogens with zero attached hydrogens (tertiary/aromatic N) is 8. The van der Waals surface area contributed by atoms with E-state index in [1.54, 1.807) is 29.2 Å². The number of ketones is 1. The number of carbonyl (C=O) groups is 2. The summed E-state index contributed by atoms with van der Waals surface area (Å²) in [4.78, 5) is 40.2. The predicted octanol–water partition coefficient (Wildman–Crippen LogP) is 7.13. The van der Waals surface area contributed by atoms with Gasteiger partial charge in [-0.3, -0.25) is 14.5 Å². The number of aliphatic imine (C=N–C) groups is 1. The number of guanidine groups is 1. The second-order valence-electron chi connectivity index (χ2n) is 15.2. The maximum absolute atomic E-state index is 15.0. The summed E-state index contributed by atoms with van der Waals surface area (Å²) in [5.41, 5.74) is 7.62. The quantitative estimate of drug-likeness (QED) is 0.166. The van der Waals surface area contributed by atoms with E-state index in [-0.39, 0.29) is 52.0 Å². The molecule has 0 saturated heterocycles. The summed E-state index contributed by atoms with van der Waals surface area (Å²) in [5, 5.41) is 13.2. The van der Waals surface area contributed by atoms with Crippen LogP contribution in [-0.2, 0) is 15.1 Å². The predicted molar refractivity (Wildman–Crippen MR) is 184 cm³/mol. The van der Waals surface area contributed by atoms with E-state index in [1.807, 2.05) is 52.0 Å². The van der Waals surface area contributed by atoms with Gasteiger partial charge in [0.15, 0.2) is 17.3 Å². The molecule has 0 radical (unpaired) electrons. The average Bonchev–Trinajstić information content (AvgIpc) is 3.91. The SMILES string of the molecule is CC(C)(C)C[C@]1(c2ccc(-c3cnn(C4CC4)n3)cc2)N=C(N)N([C@H](CCC(=O)C2(C)CC2)c2ccc(Cl)c(-n3ncnc3C(F)F)c2)C1=O. The number of amides is 1. The van der Waals surface area contributed by atoms with Crippen LogP contribution in [0.4, 0.5) is 8.78 Å². The first-order valence-corrected chi connectivity index (χ1v) is 17.3. The van der Waals surface area contributed by atoms with E-state index >= 15 is 4.79 Å². The summed E-state index contributed by atoms with van der Waals surface area (Å²) < 4.78 is 28.7. The van der Waals surface area contributed by atoms with Gasteiger partial charge in [-0.2, -0.15) is 20.1 Å². The van der Waals surface area contributed by atoms with Gasteiger partial charge in [0.05, 0.1) is 29.0 Å². The van der Waals surface area contributed by atoms with Gasteiger partial charge in [-0.25, -0.2) is 23.4 Å². The molecule has 0 unspecified atom stereocenters. The summed E-state index contributed by atoms with van der Waals surface area (Å²) in [5.74, 6) is -0.793. The van der Waals surface area contributed by atoms with Crippen molar-refractivity contribution < 1.29 is 18.4 Å². The Kier molecular flexibility index (Phi) is 8.39. The number of aromatic nitrogens is 6. The van der Waals surface area contributed by atoms with Crippen molar-refractivity contribution >= 4 is 29.3 Å². The lowest BCUT2D eigenvalue weighted by Crippen LogP contribution is -2.46. The van der Waals surface area contributed by atoms with Crippen molar-refractivity contribution in [1.29, 1.82) is 0 Å². The number of hydrogen-bond donors (Lipinski definition) is 1. The van der Waals surface area contributed by atoms with Gasteiger partial charge in [-0.05, 0) is 67.2 Å². The van der Waals surface area contributed by atoms with Gasteiger partial charge in [-0.1, -0.05) is 69.6 Å². The summed E-state index contributed by atoms with van der Waals surface area (Å²) in [6.45, 7) is 8.06. The summed E-state index contributed by atoms with van der Waals surface area (Å²) >= 11 is 6.53. The van der Waals surface area contributed by atoms with Crippen LogP contribution in [-0.4, -0.2) is 52.3 Å². The first-order valence-electron chi connectivity index (χ1n) is 16.9. The Morgan fingerprint density at radius 2 is 1.82 bits per heavy atom. The summed E-state index contributed by atoms with van der Waals surface area (Å²) in [6, 6.07) is 12.1. The minimum absolute atomic E-state index is 0.0105. The fraction of sp³-hybridized carbons (Fsp3) is 0.472. The Bertz CT molecular complexity index is 1970. The highest BCUT2D eigenvalue weighted by atomic mass is 35.5. The standard InChI is InChI=1S/C36H40ClF2N9O2/c1-34(2,3)19-36(23-8-5-21(6-9-23)26-18-42-48(45-26)24-10-11-24)32(50)46(33(40)44-36)27(13-14-29(49)35(4)15-16-35)22-7-12-25(37)28(17-22)47-31(30(38)39)41-20-43-47/h5-9,12,17-18,20,24,27,30H,10-11,13-16,19H2,1-4H3,(H2,40,44)/t27-,36-/m1/s1. The van der Waals surface area contributed by atoms with E-state index in [0.717, 1.165) is 47.9 Å². The molecule has 14 heteroatoms. The van der Waals surface area contributed by atoms with Gasteiger partial charge in [0.1, 0.15) is 17.8 Å². The van der Waals surface area contributed by atoms with Crippen molar-refractivity contribution in [3.05, 3.63) is 77.0 Å². The fourth-order valence-corrected chi connectivity index (χ4v) is 7.04. The van der Waals surface area contributed by atoms with Crippen LogP contribution >= 0.6 is 11.6 Å². The highest BCUT2D eigenvalue weighted by Gasteiger charge is 2.53. The zero-order valence-corrected chi connectivity index (χ0v) is 29.2. The first kappa shape index (κ1) is 34.0. The normalized spacial score (nSPS) is 20.8. The Labute approximate surface area is 293 Å². The maximum atomic E-state index is 15.0. The second-order valence-corrected chi connectivity index (χ2v) is 15.6. The lowest BCUT2D eigenvalue weighted by atomic mass is 9.75. The Hall–Kier alpha value is -4.52. The van der Waals surface area contributed by atoms with E-state index < -0.39 is 23.8 Å². The molecule has 11 nitrogen and oxygen atoms in total. The lowest BCUT2D eigenvalue weighted by Gasteiger charge is -2.35. The van der Waals surface area contributed by atoms with Crippen molar-refractivity contribution in [2.45, 2.75) is 96.7 Å². The maximum Gasteiger partial charge on any atom is 0.297 e. The van der Waals surface area contributed by atoms with Crippen LogP contribution in [0.5, 0.6) is 0 Å². The number of benzene rings is 2. The largest absolute Gasteiger partial charge is 0.369 e. The lowest BCUT2D eigenvalue weighted by molar-refractivity contribution is -0.135. The van der Waals surface area contributed by atoms with Crippen LogP contribution in [0.25, 0.3) is 16.9 Å². The minimum Gasteiger partial charge on any atom is -0.369 e. The number of carbonyl (C=O) groups excluding carboxylic acids is 2. The zero-order valence-electron chi connectivity index (χ0n) is 28.5. The molecule has 2 aromatic carbocycles. The molecule has 50 heavy (non-hydrogen) atoms. The van der Waals surface area contributed by atoms with E-state index in [4.69, 9.17) is 22.3 Å². The summed E-state index contributed by atoms with van der Waals surface area (Å²) in [6.07, 6.45) is 4.43. The first-order chi connectivity index (χ1) is 23.7. The van der Waals surface area contributed by atoms with Gasteiger partial charge in [0.2, 0.25) is 0 Å². The Balaban J connectivity index is 1.28. The highest BCUT2D eigenvalue weighted by molar-refractivity contribution is 6.32. The van der Waals surface area contributed by atoms with Crippen LogP contribution in [0.1, 0.15) is 108 Å². The number of rotatable bonds is 12. The molecule has 7 rings (SSSR count). The number of halogens is 3. The number of nitrogens with two attached hydrogens (primary N) is 1. The molecular weight excluding hydrogens is 664 g/mol. The molecule has 3 heterocycles. The number of alkyl halides is 2. The smallest absolute Gasteiger partial charge is 0.297 e. The molecule has 1 amide bonds.